The maximum atomic E-state index is 11.1. The Morgan fingerprint density at radius 1 is 1.45 bits per heavy atom. The molecule has 0 spiro atoms. The highest BCUT2D eigenvalue weighted by molar-refractivity contribution is 6.04. The Morgan fingerprint density at radius 2 is 2.09 bits per heavy atom. The summed E-state index contributed by atoms with van der Waals surface area (Å²) in [7, 11) is 1.67. The van der Waals surface area contributed by atoms with Crippen LogP contribution in [0.1, 0.15) is 12.8 Å². The monoisotopic (exact) mass is 154 g/mol. The third kappa shape index (κ3) is 0.895. The van der Waals surface area contributed by atoms with E-state index in [9.17, 15) is 9.59 Å². The number of rotatable bonds is 1. The van der Waals surface area contributed by atoms with Crippen molar-refractivity contribution < 1.29 is 9.59 Å². The van der Waals surface area contributed by atoms with Crippen LogP contribution in [0.2, 0.25) is 0 Å². The van der Waals surface area contributed by atoms with E-state index in [0.29, 0.717) is 5.92 Å². The van der Waals surface area contributed by atoms with E-state index in [1.165, 1.54) is 4.90 Å². The highest BCUT2D eigenvalue weighted by atomic mass is 16.2. The molecule has 1 saturated carbocycles. The van der Waals surface area contributed by atoms with Crippen molar-refractivity contribution in [1.29, 1.82) is 0 Å². The molecule has 4 heteroatoms. The molecule has 60 valence electrons. The van der Waals surface area contributed by atoms with Gasteiger partial charge < -0.3 is 4.90 Å². The van der Waals surface area contributed by atoms with Crippen LogP contribution in [0.3, 0.4) is 0 Å². The molecule has 0 aromatic rings. The van der Waals surface area contributed by atoms with Gasteiger partial charge in [-0.2, -0.15) is 0 Å². The van der Waals surface area contributed by atoms with Crippen molar-refractivity contribution in [2.24, 2.45) is 5.92 Å². The fourth-order valence-corrected chi connectivity index (χ4v) is 1.51. The zero-order valence-electron chi connectivity index (χ0n) is 6.33. The van der Waals surface area contributed by atoms with Crippen molar-refractivity contribution in [1.82, 2.24) is 10.2 Å². The Hall–Kier alpha value is -1.06. The molecule has 1 aliphatic carbocycles. The molecule has 1 aliphatic heterocycles. The van der Waals surface area contributed by atoms with E-state index in [0.717, 1.165) is 12.8 Å². The first kappa shape index (κ1) is 6.64. The summed E-state index contributed by atoms with van der Waals surface area (Å²) in [6.07, 6.45) is 2.16. The molecular weight excluding hydrogens is 144 g/mol. The lowest BCUT2D eigenvalue weighted by Gasteiger charge is -2.14. The predicted octanol–water partition coefficient (Wildman–Crippen LogP) is -0.0534. The molecule has 3 amide bonds. The number of amides is 3. The van der Waals surface area contributed by atoms with Crippen molar-refractivity contribution >= 4 is 11.9 Å². The van der Waals surface area contributed by atoms with Gasteiger partial charge in [0.15, 0.2) is 0 Å². The van der Waals surface area contributed by atoms with Crippen LogP contribution in [0.5, 0.6) is 0 Å². The Morgan fingerprint density at radius 3 is 2.45 bits per heavy atom. The zero-order chi connectivity index (χ0) is 8.01. The van der Waals surface area contributed by atoms with Gasteiger partial charge in [-0.3, -0.25) is 10.1 Å². The Labute approximate surface area is 64.5 Å². The number of hydrogen-bond acceptors (Lipinski definition) is 2. The molecule has 2 aliphatic rings. The van der Waals surface area contributed by atoms with Crippen LogP contribution in [0.25, 0.3) is 0 Å². The van der Waals surface area contributed by atoms with E-state index >= 15 is 0 Å². The third-order valence-corrected chi connectivity index (χ3v) is 2.30. The smallest absolute Gasteiger partial charge is 0.315 e. The number of hydrogen-bond donors (Lipinski definition) is 1. The van der Waals surface area contributed by atoms with Gasteiger partial charge in [0.25, 0.3) is 5.91 Å². The molecule has 1 heterocycles. The Balaban J connectivity index is 2.17. The number of nitrogens with zero attached hydrogens (tertiary/aromatic N) is 1. The molecule has 4 nitrogen and oxygen atoms in total. The second-order valence-corrected chi connectivity index (χ2v) is 3.19. The lowest BCUT2D eigenvalue weighted by atomic mass is 10.2. The molecule has 1 N–H and O–H groups in total. The van der Waals surface area contributed by atoms with Crippen LogP contribution >= 0.6 is 0 Å². The van der Waals surface area contributed by atoms with E-state index in [4.69, 9.17) is 0 Å². The maximum Gasteiger partial charge on any atom is 0.324 e. The zero-order valence-corrected chi connectivity index (χ0v) is 6.33. The minimum Gasteiger partial charge on any atom is -0.315 e. The highest BCUT2D eigenvalue weighted by Gasteiger charge is 2.45. The SMILES string of the molecule is CN1C(=O)NC(=O)[C@H]1C1CC1. The van der Waals surface area contributed by atoms with Crippen LogP contribution in [0.4, 0.5) is 4.79 Å². The molecular formula is C7H10N2O2. The summed E-state index contributed by atoms with van der Waals surface area (Å²) in [5.74, 6) is 0.298. The second-order valence-electron chi connectivity index (χ2n) is 3.19. The molecule has 0 aromatic heterocycles. The maximum absolute atomic E-state index is 11.1. The summed E-state index contributed by atoms with van der Waals surface area (Å²) >= 11 is 0. The normalized spacial score (nSPS) is 31.0. The number of urea groups is 1. The molecule has 1 saturated heterocycles. The summed E-state index contributed by atoms with van der Waals surface area (Å²) in [6, 6.07) is -0.436. The summed E-state index contributed by atoms with van der Waals surface area (Å²) in [6.45, 7) is 0. The van der Waals surface area contributed by atoms with Crippen molar-refractivity contribution in [3.05, 3.63) is 0 Å². The second kappa shape index (κ2) is 1.96. The standard InChI is InChI=1S/C7H10N2O2/c1-9-5(4-2-3-4)6(10)8-7(9)11/h4-5H,2-3H2,1H3,(H,8,10,11)/t5-/m1/s1. The van der Waals surface area contributed by atoms with Crippen molar-refractivity contribution in [3.8, 4) is 0 Å². The average Bonchev–Trinajstić information content (AvgIpc) is 2.68. The fourth-order valence-electron chi connectivity index (χ4n) is 1.51. The molecule has 0 aromatic carbocycles. The molecule has 0 unspecified atom stereocenters. The van der Waals surface area contributed by atoms with Gasteiger partial charge in [-0.15, -0.1) is 0 Å². The fraction of sp³-hybridized carbons (Fsp3) is 0.714. The van der Waals surface area contributed by atoms with Crippen LogP contribution < -0.4 is 5.32 Å². The van der Waals surface area contributed by atoms with Crippen LogP contribution in [0, 0.1) is 5.92 Å². The topological polar surface area (TPSA) is 49.4 Å². The van der Waals surface area contributed by atoms with Gasteiger partial charge in [-0.1, -0.05) is 0 Å². The van der Waals surface area contributed by atoms with Gasteiger partial charge in [0.05, 0.1) is 0 Å². The number of nitrogens with one attached hydrogen (secondary N) is 1. The van der Waals surface area contributed by atoms with Gasteiger partial charge >= 0.3 is 6.03 Å². The number of imide groups is 1. The quantitative estimate of drug-likeness (QED) is 0.538. The largest absolute Gasteiger partial charge is 0.324 e. The van der Waals surface area contributed by atoms with Crippen LogP contribution in [-0.2, 0) is 4.79 Å². The third-order valence-electron chi connectivity index (χ3n) is 2.30. The minimum atomic E-state index is -0.258. The first-order valence-corrected chi connectivity index (χ1v) is 3.78. The van der Waals surface area contributed by atoms with Crippen LogP contribution in [0.15, 0.2) is 0 Å². The van der Waals surface area contributed by atoms with E-state index in [1.807, 2.05) is 0 Å². The lowest BCUT2D eigenvalue weighted by Crippen LogP contribution is -2.33. The molecule has 0 radical (unpaired) electrons. The van der Waals surface area contributed by atoms with E-state index in [1.54, 1.807) is 7.05 Å². The summed E-state index contributed by atoms with van der Waals surface area (Å²) in [4.78, 5) is 23.5. The predicted molar refractivity (Wildman–Crippen MR) is 37.8 cm³/mol. The molecule has 2 fully saturated rings. The summed E-state index contributed by atoms with van der Waals surface area (Å²) < 4.78 is 0. The molecule has 1 atom stereocenters. The van der Waals surface area contributed by atoms with E-state index < -0.39 is 0 Å². The Kier molecular flexibility index (Phi) is 1.19. The first-order chi connectivity index (χ1) is 5.20. The number of carbonyl (C=O) groups excluding carboxylic acids is 2. The van der Waals surface area contributed by atoms with Gasteiger partial charge in [0.2, 0.25) is 0 Å². The van der Waals surface area contributed by atoms with E-state index in [2.05, 4.69) is 5.32 Å². The van der Waals surface area contributed by atoms with Crippen molar-refractivity contribution in [2.75, 3.05) is 7.05 Å². The minimum absolute atomic E-state index is 0.125. The summed E-state index contributed by atoms with van der Waals surface area (Å²) in [5.41, 5.74) is 0. The summed E-state index contributed by atoms with van der Waals surface area (Å²) in [5, 5.41) is 2.29. The molecule has 0 bridgehead atoms. The molecule has 2 rings (SSSR count). The van der Waals surface area contributed by atoms with Crippen LogP contribution in [-0.4, -0.2) is 29.9 Å². The lowest BCUT2D eigenvalue weighted by molar-refractivity contribution is -0.121. The van der Waals surface area contributed by atoms with Crippen molar-refractivity contribution in [3.63, 3.8) is 0 Å². The molecule has 11 heavy (non-hydrogen) atoms. The van der Waals surface area contributed by atoms with E-state index in [-0.39, 0.29) is 18.0 Å². The van der Waals surface area contributed by atoms with Gasteiger partial charge in [0, 0.05) is 7.05 Å². The van der Waals surface area contributed by atoms with Gasteiger partial charge in [-0.05, 0) is 18.8 Å². The van der Waals surface area contributed by atoms with Gasteiger partial charge in [0.1, 0.15) is 6.04 Å². The number of likely N-dealkylation sites (N-methyl/N-ethyl adjacent to an activating group) is 1. The highest BCUT2D eigenvalue weighted by Crippen LogP contribution is 2.36. The van der Waals surface area contributed by atoms with Gasteiger partial charge in [-0.25, -0.2) is 4.79 Å². The first-order valence-electron chi connectivity index (χ1n) is 3.78. The number of carbonyl (C=O) groups is 2. The average molecular weight is 154 g/mol. The van der Waals surface area contributed by atoms with Crippen molar-refractivity contribution in [2.45, 2.75) is 18.9 Å². The Bertz CT molecular complexity index is 222.